The van der Waals surface area contributed by atoms with Gasteiger partial charge in [0.2, 0.25) is 5.91 Å². The number of hydrogen-bond acceptors (Lipinski definition) is 3. The fourth-order valence-corrected chi connectivity index (χ4v) is 2.14. The number of nitrogens with one attached hydrogen (secondary N) is 1. The largest absolute Gasteiger partial charge is 0.373 e. The van der Waals surface area contributed by atoms with Crippen molar-refractivity contribution in [3.05, 3.63) is 23.8 Å². The molecule has 0 saturated carbocycles. The zero-order valence-corrected chi connectivity index (χ0v) is 10.4. The van der Waals surface area contributed by atoms with Crippen molar-refractivity contribution in [2.45, 2.75) is 25.8 Å². The van der Waals surface area contributed by atoms with Crippen molar-refractivity contribution in [1.29, 1.82) is 0 Å². The van der Waals surface area contributed by atoms with Gasteiger partial charge in [-0.15, -0.1) is 0 Å². The number of carbonyl (C=O) groups excluding carboxylic acids is 1. The van der Waals surface area contributed by atoms with E-state index in [2.05, 4.69) is 16.3 Å². The second-order valence-corrected chi connectivity index (χ2v) is 4.75. The molecule has 2 rings (SSSR count). The quantitative estimate of drug-likeness (QED) is 0.828. The number of nitrogens with two attached hydrogens (primary N) is 1. The summed E-state index contributed by atoms with van der Waals surface area (Å²) in [6.07, 6.45) is 1.40. The van der Waals surface area contributed by atoms with Gasteiger partial charge in [0.15, 0.2) is 0 Å². The highest BCUT2D eigenvalue weighted by atomic mass is 16.1. The summed E-state index contributed by atoms with van der Waals surface area (Å²) in [5.41, 5.74) is 9.09. The molecular weight excluding hydrogens is 214 g/mol. The average molecular weight is 233 g/mol. The summed E-state index contributed by atoms with van der Waals surface area (Å²) in [5, 5.41) is 2.88. The second-order valence-electron chi connectivity index (χ2n) is 4.75. The third-order valence-corrected chi connectivity index (χ3v) is 2.99. The molecular formula is C13H19N3O. The van der Waals surface area contributed by atoms with Crippen LogP contribution in [-0.4, -0.2) is 25.5 Å². The highest BCUT2D eigenvalue weighted by molar-refractivity contribution is 5.94. The average Bonchev–Trinajstić information content (AvgIpc) is 2.27. The lowest BCUT2D eigenvalue weighted by Gasteiger charge is -2.24. The SMILES string of the molecule is CC(N)CN(C)c1ccc2c(c1)CCC(=O)N2. The molecule has 1 aromatic carbocycles. The molecule has 0 aromatic heterocycles. The summed E-state index contributed by atoms with van der Waals surface area (Å²) in [6, 6.07) is 6.28. The number of rotatable bonds is 3. The zero-order chi connectivity index (χ0) is 12.4. The second kappa shape index (κ2) is 4.75. The van der Waals surface area contributed by atoms with Gasteiger partial charge >= 0.3 is 0 Å². The van der Waals surface area contributed by atoms with Gasteiger partial charge in [0.1, 0.15) is 0 Å². The first-order chi connectivity index (χ1) is 8.06. The van der Waals surface area contributed by atoms with Gasteiger partial charge in [-0.25, -0.2) is 0 Å². The number of nitrogens with zero attached hydrogens (tertiary/aromatic N) is 1. The van der Waals surface area contributed by atoms with Crippen molar-refractivity contribution in [1.82, 2.24) is 0 Å². The van der Waals surface area contributed by atoms with Crippen LogP contribution in [0.2, 0.25) is 0 Å². The molecule has 3 N–H and O–H groups in total. The normalized spacial score (nSPS) is 16.1. The summed E-state index contributed by atoms with van der Waals surface area (Å²) in [7, 11) is 2.03. The third-order valence-electron chi connectivity index (χ3n) is 2.99. The number of carbonyl (C=O) groups is 1. The first-order valence-electron chi connectivity index (χ1n) is 5.96. The van der Waals surface area contributed by atoms with E-state index in [9.17, 15) is 4.79 Å². The van der Waals surface area contributed by atoms with Crippen LogP contribution in [0, 0.1) is 0 Å². The molecule has 4 nitrogen and oxygen atoms in total. The molecule has 92 valence electrons. The van der Waals surface area contributed by atoms with Crippen molar-refractivity contribution in [2.24, 2.45) is 5.73 Å². The minimum atomic E-state index is 0.106. The predicted molar refractivity (Wildman–Crippen MR) is 70.3 cm³/mol. The highest BCUT2D eigenvalue weighted by Crippen LogP contribution is 2.27. The standard InChI is InChI=1S/C13H19N3O/c1-9(14)8-16(2)11-4-5-12-10(7-11)3-6-13(17)15-12/h4-5,7,9H,3,6,8,14H2,1-2H3,(H,15,17). The van der Waals surface area contributed by atoms with Crippen LogP contribution >= 0.6 is 0 Å². The van der Waals surface area contributed by atoms with Gasteiger partial charge in [-0.05, 0) is 37.1 Å². The molecule has 1 aliphatic heterocycles. The molecule has 0 saturated heterocycles. The lowest BCUT2D eigenvalue weighted by molar-refractivity contribution is -0.116. The Morgan fingerprint density at radius 2 is 2.24 bits per heavy atom. The van der Waals surface area contributed by atoms with Crippen LogP contribution in [0.3, 0.4) is 0 Å². The van der Waals surface area contributed by atoms with Gasteiger partial charge in [0, 0.05) is 37.4 Å². The molecule has 1 atom stereocenters. The first-order valence-corrected chi connectivity index (χ1v) is 5.96. The van der Waals surface area contributed by atoms with Crippen molar-refractivity contribution < 1.29 is 4.79 Å². The summed E-state index contributed by atoms with van der Waals surface area (Å²) < 4.78 is 0. The van der Waals surface area contributed by atoms with Crippen molar-refractivity contribution >= 4 is 17.3 Å². The Bertz CT molecular complexity index is 429. The molecule has 4 heteroatoms. The van der Waals surface area contributed by atoms with Gasteiger partial charge < -0.3 is 16.0 Å². The van der Waals surface area contributed by atoms with E-state index in [1.54, 1.807) is 0 Å². The molecule has 17 heavy (non-hydrogen) atoms. The Balaban J connectivity index is 2.19. The van der Waals surface area contributed by atoms with Crippen LogP contribution in [-0.2, 0) is 11.2 Å². The van der Waals surface area contributed by atoms with E-state index in [0.29, 0.717) is 6.42 Å². The zero-order valence-electron chi connectivity index (χ0n) is 10.4. The summed E-state index contributed by atoms with van der Waals surface area (Å²) in [4.78, 5) is 13.4. The lowest BCUT2D eigenvalue weighted by Crippen LogP contribution is -2.32. The van der Waals surface area contributed by atoms with E-state index in [0.717, 1.165) is 24.3 Å². The summed E-state index contributed by atoms with van der Waals surface area (Å²) in [6.45, 7) is 2.82. The minimum Gasteiger partial charge on any atom is -0.373 e. The van der Waals surface area contributed by atoms with Crippen LogP contribution in [0.25, 0.3) is 0 Å². The minimum absolute atomic E-state index is 0.106. The fourth-order valence-electron chi connectivity index (χ4n) is 2.14. The Morgan fingerprint density at radius 1 is 1.47 bits per heavy atom. The maximum Gasteiger partial charge on any atom is 0.224 e. The number of anilines is 2. The Hall–Kier alpha value is -1.55. The first kappa shape index (κ1) is 11.9. The summed E-state index contributed by atoms with van der Waals surface area (Å²) >= 11 is 0. The Kier molecular flexibility index (Phi) is 3.33. The van der Waals surface area contributed by atoms with Crippen molar-refractivity contribution in [2.75, 3.05) is 23.8 Å². The molecule has 1 amide bonds. The van der Waals surface area contributed by atoms with E-state index in [1.807, 2.05) is 26.1 Å². The van der Waals surface area contributed by atoms with Gasteiger partial charge in [-0.1, -0.05) is 0 Å². The van der Waals surface area contributed by atoms with E-state index in [-0.39, 0.29) is 11.9 Å². The molecule has 1 unspecified atom stereocenters. The number of fused-ring (bicyclic) bond motifs is 1. The van der Waals surface area contributed by atoms with E-state index < -0.39 is 0 Å². The number of likely N-dealkylation sites (N-methyl/N-ethyl adjacent to an activating group) is 1. The molecule has 0 fully saturated rings. The predicted octanol–water partition coefficient (Wildman–Crippen LogP) is 1.35. The van der Waals surface area contributed by atoms with Crippen LogP contribution < -0.4 is 16.0 Å². The topological polar surface area (TPSA) is 58.4 Å². The smallest absolute Gasteiger partial charge is 0.224 e. The van der Waals surface area contributed by atoms with E-state index in [1.165, 1.54) is 5.56 Å². The maximum atomic E-state index is 11.3. The van der Waals surface area contributed by atoms with Crippen LogP contribution in [0.1, 0.15) is 18.9 Å². The van der Waals surface area contributed by atoms with Crippen LogP contribution in [0.5, 0.6) is 0 Å². The fraction of sp³-hybridized carbons (Fsp3) is 0.462. The summed E-state index contributed by atoms with van der Waals surface area (Å²) in [5.74, 6) is 0.106. The van der Waals surface area contributed by atoms with E-state index >= 15 is 0 Å². The van der Waals surface area contributed by atoms with Crippen LogP contribution in [0.15, 0.2) is 18.2 Å². The van der Waals surface area contributed by atoms with Gasteiger partial charge in [-0.3, -0.25) is 4.79 Å². The van der Waals surface area contributed by atoms with Crippen molar-refractivity contribution in [3.63, 3.8) is 0 Å². The number of benzene rings is 1. The monoisotopic (exact) mass is 233 g/mol. The molecule has 0 radical (unpaired) electrons. The number of amides is 1. The van der Waals surface area contributed by atoms with Gasteiger partial charge in [0.05, 0.1) is 0 Å². The van der Waals surface area contributed by atoms with Crippen molar-refractivity contribution in [3.8, 4) is 0 Å². The molecule has 0 aliphatic carbocycles. The number of aryl methyl sites for hydroxylation is 1. The van der Waals surface area contributed by atoms with Gasteiger partial charge in [-0.2, -0.15) is 0 Å². The molecule has 0 spiro atoms. The van der Waals surface area contributed by atoms with Crippen LogP contribution in [0.4, 0.5) is 11.4 Å². The van der Waals surface area contributed by atoms with Gasteiger partial charge in [0.25, 0.3) is 0 Å². The Morgan fingerprint density at radius 3 is 2.94 bits per heavy atom. The lowest BCUT2D eigenvalue weighted by atomic mass is 10.0. The highest BCUT2D eigenvalue weighted by Gasteiger charge is 2.15. The number of hydrogen-bond donors (Lipinski definition) is 2. The third kappa shape index (κ3) is 2.77. The molecule has 1 heterocycles. The maximum absolute atomic E-state index is 11.3. The molecule has 1 aliphatic rings. The Labute approximate surface area is 102 Å². The van der Waals surface area contributed by atoms with E-state index in [4.69, 9.17) is 5.73 Å². The molecule has 1 aromatic rings. The molecule has 0 bridgehead atoms.